The molecule has 1 aliphatic heterocycles. The molecule has 0 radical (unpaired) electrons. The minimum Gasteiger partial charge on any atom is -0.271 e. The molecule has 0 saturated heterocycles. The van der Waals surface area contributed by atoms with Gasteiger partial charge in [-0.05, 0) is 53.6 Å². The van der Waals surface area contributed by atoms with Gasteiger partial charge in [-0.2, -0.15) is 0 Å². The molecule has 9 nitrogen and oxygen atoms in total. The van der Waals surface area contributed by atoms with Crippen molar-refractivity contribution < 1.29 is 13.3 Å². The quantitative estimate of drug-likeness (QED) is 0.181. The van der Waals surface area contributed by atoms with Crippen LogP contribution in [0, 0.1) is 10.1 Å². The van der Waals surface area contributed by atoms with E-state index in [2.05, 4.69) is 18.2 Å². The van der Waals surface area contributed by atoms with Crippen LogP contribution in [0.1, 0.15) is 34.0 Å². The molecular formula is C33H22N4O5S3. The number of aromatic nitrogens is 2. The molecule has 3 aromatic carbocycles. The third kappa shape index (κ3) is 4.36. The first-order valence-electron chi connectivity index (χ1n) is 14.1. The highest BCUT2D eigenvalue weighted by Crippen LogP contribution is 2.42. The number of para-hydroxylation sites is 1. The Morgan fingerprint density at radius 1 is 0.978 bits per heavy atom. The summed E-state index contributed by atoms with van der Waals surface area (Å²) in [4.78, 5) is 31.4. The van der Waals surface area contributed by atoms with Gasteiger partial charge in [-0.3, -0.25) is 19.5 Å². The molecule has 0 amide bonds. The summed E-state index contributed by atoms with van der Waals surface area (Å²) >= 11 is 2.89. The topological polar surface area (TPSA) is 117 Å². The zero-order valence-corrected chi connectivity index (χ0v) is 25.8. The van der Waals surface area contributed by atoms with Crippen LogP contribution in [0.15, 0.2) is 117 Å². The molecule has 222 valence electrons. The predicted molar refractivity (Wildman–Crippen MR) is 175 cm³/mol. The Bertz CT molecular complexity index is 2520. The molecule has 8 rings (SSSR count). The summed E-state index contributed by atoms with van der Waals surface area (Å²) in [6.07, 6.45) is 4.85. The average molecular weight is 651 g/mol. The van der Waals surface area contributed by atoms with E-state index in [0.717, 1.165) is 44.6 Å². The first kappa shape index (κ1) is 27.6. The first-order chi connectivity index (χ1) is 21.8. The van der Waals surface area contributed by atoms with Crippen molar-refractivity contribution in [2.45, 2.75) is 23.8 Å². The molecular weight excluding hydrogens is 629 g/mol. The molecule has 0 fully saturated rings. The van der Waals surface area contributed by atoms with Gasteiger partial charge in [0.15, 0.2) is 4.80 Å². The van der Waals surface area contributed by atoms with Crippen LogP contribution in [0.25, 0.3) is 22.7 Å². The lowest BCUT2D eigenvalue weighted by Gasteiger charge is -2.30. The molecule has 3 aromatic heterocycles. The summed E-state index contributed by atoms with van der Waals surface area (Å²) in [5, 5.41) is 14.0. The van der Waals surface area contributed by atoms with Gasteiger partial charge in [0.1, 0.15) is 0 Å². The van der Waals surface area contributed by atoms with Gasteiger partial charge in [0, 0.05) is 39.7 Å². The largest absolute Gasteiger partial charge is 0.271 e. The summed E-state index contributed by atoms with van der Waals surface area (Å²) in [6.45, 7) is 0. The van der Waals surface area contributed by atoms with Gasteiger partial charge in [0.2, 0.25) is 0 Å². The van der Waals surface area contributed by atoms with Crippen molar-refractivity contribution in [1.82, 2.24) is 8.54 Å². The molecule has 0 bridgehead atoms. The lowest BCUT2D eigenvalue weighted by Crippen LogP contribution is -2.38. The summed E-state index contributed by atoms with van der Waals surface area (Å²) in [6, 6.07) is 24.0. The van der Waals surface area contributed by atoms with Gasteiger partial charge in [0.05, 0.1) is 31.6 Å². The number of benzene rings is 3. The zero-order valence-electron chi connectivity index (χ0n) is 23.4. The second-order valence-corrected chi connectivity index (χ2v) is 14.6. The molecule has 1 aliphatic carbocycles. The number of hydrogen-bond acceptors (Lipinski definition) is 8. The van der Waals surface area contributed by atoms with Crippen molar-refractivity contribution in [3.05, 3.63) is 153 Å². The normalized spacial score (nSPS) is 16.3. The number of nitrogens with zero attached hydrogens (tertiary/aromatic N) is 4. The van der Waals surface area contributed by atoms with E-state index in [-0.39, 0.29) is 22.2 Å². The van der Waals surface area contributed by atoms with Crippen LogP contribution in [0.2, 0.25) is 0 Å². The summed E-state index contributed by atoms with van der Waals surface area (Å²) in [5.74, 6) is 0. The van der Waals surface area contributed by atoms with Crippen molar-refractivity contribution in [2.24, 2.45) is 4.99 Å². The summed E-state index contributed by atoms with van der Waals surface area (Å²) < 4.78 is 30.9. The lowest BCUT2D eigenvalue weighted by atomic mass is 9.85. The molecule has 12 heteroatoms. The molecule has 0 spiro atoms. The Hall–Kier alpha value is -4.91. The highest BCUT2D eigenvalue weighted by molar-refractivity contribution is 7.90. The highest BCUT2D eigenvalue weighted by Gasteiger charge is 2.33. The Kier molecular flexibility index (Phi) is 6.34. The molecule has 0 unspecified atom stereocenters. The lowest BCUT2D eigenvalue weighted by molar-refractivity contribution is -0.385. The number of rotatable bonds is 5. The fourth-order valence-corrected chi connectivity index (χ4v) is 9.48. The standard InChI is InChI=1S/C33H22N4O5S3/c38-32-29(17-21-19-35(27-12-4-3-10-24(21)27)45(41,42)23-9-5-8-22(18-23)37(39)40)44-33-34-30-25-11-2-1-7-20(25)14-15-26(30)31(36(32)33)28-13-6-16-43-28/h1-13,16-19,31H,14-15H2/b29-17+/t31-/m0/s1. The van der Waals surface area contributed by atoms with Gasteiger partial charge >= 0.3 is 0 Å². The Labute approximate surface area is 264 Å². The maximum atomic E-state index is 14.2. The van der Waals surface area contributed by atoms with Crippen molar-refractivity contribution >= 4 is 61.1 Å². The van der Waals surface area contributed by atoms with Crippen LogP contribution in [0.3, 0.4) is 0 Å². The van der Waals surface area contributed by atoms with Crippen LogP contribution in [-0.4, -0.2) is 21.9 Å². The maximum absolute atomic E-state index is 14.2. The molecule has 2 aliphatic rings. The number of hydrogen-bond donors (Lipinski definition) is 0. The monoisotopic (exact) mass is 650 g/mol. The fraction of sp³-hybridized carbons (Fsp3) is 0.0909. The van der Waals surface area contributed by atoms with E-state index in [9.17, 15) is 23.3 Å². The van der Waals surface area contributed by atoms with Crippen LogP contribution < -0.4 is 14.9 Å². The van der Waals surface area contributed by atoms with E-state index in [1.165, 1.54) is 41.3 Å². The van der Waals surface area contributed by atoms with E-state index >= 15 is 0 Å². The van der Waals surface area contributed by atoms with Gasteiger partial charge in [-0.1, -0.05) is 65.9 Å². The molecule has 4 heterocycles. The minimum atomic E-state index is -4.20. The van der Waals surface area contributed by atoms with Crippen LogP contribution >= 0.6 is 22.7 Å². The van der Waals surface area contributed by atoms with E-state index in [1.807, 2.05) is 23.6 Å². The number of nitro benzene ring substituents is 1. The van der Waals surface area contributed by atoms with Crippen molar-refractivity contribution in [3.63, 3.8) is 0 Å². The fourth-order valence-electron chi connectivity index (χ4n) is 6.22. The Morgan fingerprint density at radius 2 is 1.80 bits per heavy atom. The van der Waals surface area contributed by atoms with Crippen molar-refractivity contribution in [2.75, 3.05) is 0 Å². The van der Waals surface area contributed by atoms with Crippen LogP contribution in [0.5, 0.6) is 0 Å². The number of fused-ring (bicyclic) bond motifs is 4. The number of allylic oxidation sites excluding steroid dienone is 1. The average Bonchev–Trinajstić information content (AvgIpc) is 3.79. The minimum absolute atomic E-state index is 0.194. The van der Waals surface area contributed by atoms with Crippen molar-refractivity contribution in [3.8, 4) is 0 Å². The van der Waals surface area contributed by atoms with E-state index in [0.29, 0.717) is 25.8 Å². The maximum Gasteiger partial charge on any atom is 0.271 e. The first-order valence-corrected chi connectivity index (χ1v) is 17.2. The van der Waals surface area contributed by atoms with E-state index < -0.39 is 14.9 Å². The molecule has 0 saturated carbocycles. The smallest absolute Gasteiger partial charge is 0.271 e. The zero-order chi connectivity index (χ0) is 30.9. The SMILES string of the molecule is O=c1/c(=C\c2cn(S(=O)(=O)c3cccc([N+](=O)[O-])c3)c3ccccc23)sc2n1[C@H](c1cccs1)C1=C(N=2)c2ccccc2CC1. The molecule has 0 N–H and O–H groups in total. The van der Waals surface area contributed by atoms with Gasteiger partial charge in [-0.25, -0.2) is 17.4 Å². The van der Waals surface area contributed by atoms with E-state index in [1.54, 1.807) is 46.2 Å². The highest BCUT2D eigenvalue weighted by atomic mass is 32.2. The number of nitro groups is 1. The third-order valence-electron chi connectivity index (χ3n) is 8.27. The van der Waals surface area contributed by atoms with Gasteiger partial charge in [0.25, 0.3) is 21.3 Å². The second-order valence-electron chi connectivity index (χ2n) is 10.8. The molecule has 6 aromatic rings. The number of thiazole rings is 1. The van der Waals surface area contributed by atoms with Crippen LogP contribution in [0.4, 0.5) is 5.69 Å². The number of non-ortho nitro benzene ring substituents is 1. The van der Waals surface area contributed by atoms with E-state index in [4.69, 9.17) is 4.99 Å². The molecule has 1 atom stereocenters. The third-order valence-corrected chi connectivity index (χ3v) is 11.8. The second kappa shape index (κ2) is 10.3. The van der Waals surface area contributed by atoms with Crippen LogP contribution in [-0.2, 0) is 16.4 Å². The molecule has 45 heavy (non-hydrogen) atoms. The number of thiophene rings is 1. The summed E-state index contributed by atoms with van der Waals surface area (Å²) in [7, 11) is -4.20. The Balaban J connectivity index is 1.33. The predicted octanol–water partition coefficient (Wildman–Crippen LogP) is 5.48. The van der Waals surface area contributed by atoms with Gasteiger partial charge < -0.3 is 0 Å². The van der Waals surface area contributed by atoms with Crippen molar-refractivity contribution in [1.29, 1.82) is 0 Å². The number of aryl methyl sites for hydroxylation is 1. The summed E-state index contributed by atoms with van der Waals surface area (Å²) in [5.41, 5.74) is 4.78. The van der Waals surface area contributed by atoms with Gasteiger partial charge in [-0.15, -0.1) is 11.3 Å². The Morgan fingerprint density at radius 3 is 2.62 bits per heavy atom.